The SMILES string of the molecule is C=N/C(C)=N\C(=NC)NCC. The van der Waals surface area contributed by atoms with E-state index in [1.165, 1.54) is 0 Å². The summed E-state index contributed by atoms with van der Waals surface area (Å²) in [5, 5.41) is 2.97. The smallest absolute Gasteiger partial charge is 0.219 e. The first-order valence-corrected chi connectivity index (χ1v) is 3.47. The van der Waals surface area contributed by atoms with Crippen molar-refractivity contribution in [2.45, 2.75) is 13.8 Å². The summed E-state index contributed by atoms with van der Waals surface area (Å²) in [6, 6.07) is 0. The van der Waals surface area contributed by atoms with Crippen molar-refractivity contribution in [2.75, 3.05) is 13.6 Å². The maximum atomic E-state index is 4.03. The molecule has 0 spiro atoms. The van der Waals surface area contributed by atoms with Gasteiger partial charge in [0.25, 0.3) is 0 Å². The highest BCUT2D eigenvalue weighted by Gasteiger charge is 1.90. The molecule has 0 aliphatic rings. The van der Waals surface area contributed by atoms with E-state index in [2.05, 4.69) is 27.0 Å². The molecule has 0 saturated carbocycles. The van der Waals surface area contributed by atoms with Gasteiger partial charge in [0.05, 0.1) is 0 Å². The normalized spacial score (nSPS) is 13.0. The van der Waals surface area contributed by atoms with Crippen LogP contribution in [0.5, 0.6) is 0 Å². The zero-order chi connectivity index (χ0) is 8.69. The van der Waals surface area contributed by atoms with E-state index in [1.807, 2.05) is 6.92 Å². The van der Waals surface area contributed by atoms with Crippen molar-refractivity contribution in [3.8, 4) is 0 Å². The van der Waals surface area contributed by atoms with Crippen molar-refractivity contribution in [3.05, 3.63) is 0 Å². The minimum Gasteiger partial charge on any atom is -0.355 e. The largest absolute Gasteiger partial charge is 0.355 e. The summed E-state index contributed by atoms with van der Waals surface area (Å²) in [4.78, 5) is 11.6. The van der Waals surface area contributed by atoms with Crippen LogP contribution in [0.2, 0.25) is 0 Å². The Morgan fingerprint density at radius 3 is 2.55 bits per heavy atom. The summed E-state index contributed by atoms with van der Waals surface area (Å²) in [5.41, 5.74) is 0. The molecule has 4 nitrogen and oxygen atoms in total. The van der Waals surface area contributed by atoms with Crippen LogP contribution in [0.25, 0.3) is 0 Å². The van der Waals surface area contributed by atoms with E-state index >= 15 is 0 Å². The molecular formula is C7H14N4. The maximum absolute atomic E-state index is 4.03. The second kappa shape index (κ2) is 5.58. The highest BCUT2D eigenvalue weighted by atomic mass is 15.1. The highest BCUT2D eigenvalue weighted by molar-refractivity contribution is 5.96. The van der Waals surface area contributed by atoms with Gasteiger partial charge in [-0.1, -0.05) is 0 Å². The second-order valence-electron chi connectivity index (χ2n) is 1.89. The Balaban J connectivity index is 4.18. The van der Waals surface area contributed by atoms with Gasteiger partial charge in [0.15, 0.2) is 0 Å². The molecule has 0 rings (SSSR count). The monoisotopic (exact) mass is 154 g/mol. The van der Waals surface area contributed by atoms with Crippen molar-refractivity contribution in [1.29, 1.82) is 0 Å². The number of nitrogens with one attached hydrogen (secondary N) is 1. The molecule has 0 saturated heterocycles. The van der Waals surface area contributed by atoms with Gasteiger partial charge in [0.1, 0.15) is 5.84 Å². The number of amidine groups is 1. The molecule has 0 aromatic heterocycles. The molecule has 0 radical (unpaired) electrons. The quantitative estimate of drug-likeness (QED) is 0.438. The van der Waals surface area contributed by atoms with Gasteiger partial charge in [-0.3, -0.25) is 4.99 Å². The standard InChI is InChI=1S/C7H14N4/c1-5-10-7(9-4)11-6(2)8-3/h3,5H2,1-2,4H3,(H,9,10)/b11-6-. The molecule has 1 N–H and O–H groups in total. The fourth-order valence-corrected chi connectivity index (χ4v) is 0.515. The lowest BCUT2D eigenvalue weighted by atomic mass is 10.6. The van der Waals surface area contributed by atoms with E-state index < -0.39 is 0 Å². The van der Waals surface area contributed by atoms with Crippen LogP contribution in [0.3, 0.4) is 0 Å². The average Bonchev–Trinajstić information content (AvgIpc) is 2.03. The number of nitrogens with zero attached hydrogens (tertiary/aromatic N) is 3. The number of rotatable bonds is 1. The maximum Gasteiger partial charge on any atom is 0.219 e. The molecule has 0 aromatic carbocycles. The van der Waals surface area contributed by atoms with Crippen LogP contribution in [0, 0.1) is 0 Å². The van der Waals surface area contributed by atoms with Gasteiger partial charge in [-0.15, -0.1) is 0 Å². The summed E-state index contributed by atoms with van der Waals surface area (Å²) in [7, 11) is 1.68. The van der Waals surface area contributed by atoms with Gasteiger partial charge in [0, 0.05) is 13.6 Å². The Labute approximate surface area is 67.2 Å². The molecular weight excluding hydrogens is 140 g/mol. The molecule has 0 heterocycles. The topological polar surface area (TPSA) is 49.1 Å². The summed E-state index contributed by atoms with van der Waals surface area (Å²) in [6.45, 7) is 7.91. The molecule has 0 unspecified atom stereocenters. The minimum atomic E-state index is 0.595. The van der Waals surface area contributed by atoms with Crippen molar-refractivity contribution in [3.63, 3.8) is 0 Å². The van der Waals surface area contributed by atoms with Gasteiger partial charge in [-0.2, -0.15) is 4.99 Å². The van der Waals surface area contributed by atoms with Gasteiger partial charge in [0.2, 0.25) is 5.96 Å². The van der Waals surface area contributed by atoms with E-state index in [0.717, 1.165) is 6.54 Å². The van der Waals surface area contributed by atoms with Crippen LogP contribution >= 0.6 is 0 Å². The molecule has 0 atom stereocenters. The Kier molecular flexibility index (Phi) is 4.98. The average molecular weight is 154 g/mol. The summed E-state index contributed by atoms with van der Waals surface area (Å²) in [6.07, 6.45) is 0. The van der Waals surface area contributed by atoms with Crippen molar-refractivity contribution < 1.29 is 0 Å². The van der Waals surface area contributed by atoms with E-state index in [1.54, 1.807) is 14.0 Å². The lowest BCUT2D eigenvalue weighted by molar-refractivity contribution is 0.949. The zero-order valence-corrected chi connectivity index (χ0v) is 7.26. The lowest BCUT2D eigenvalue weighted by Gasteiger charge is -1.99. The third kappa shape index (κ3) is 4.25. The molecule has 0 aliphatic heterocycles. The zero-order valence-electron chi connectivity index (χ0n) is 7.26. The third-order valence-electron chi connectivity index (χ3n) is 1.04. The molecule has 11 heavy (non-hydrogen) atoms. The van der Waals surface area contributed by atoms with Crippen LogP contribution < -0.4 is 5.32 Å². The fourth-order valence-electron chi connectivity index (χ4n) is 0.515. The molecule has 4 heteroatoms. The predicted molar refractivity (Wildman–Crippen MR) is 49.7 cm³/mol. The Hall–Kier alpha value is -1.19. The predicted octanol–water partition coefficient (Wildman–Crippen LogP) is 0.701. The molecule has 62 valence electrons. The molecule has 0 aromatic rings. The molecule has 0 amide bonds. The van der Waals surface area contributed by atoms with Crippen LogP contribution in [-0.4, -0.2) is 32.1 Å². The summed E-state index contributed by atoms with van der Waals surface area (Å²) >= 11 is 0. The number of guanidine groups is 1. The van der Waals surface area contributed by atoms with Gasteiger partial charge < -0.3 is 5.32 Å². The van der Waals surface area contributed by atoms with E-state index in [0.29, 0.717) is 11.8 Å². The summed E-state index contributed by atoms with van der Waals surface area (Å²) < 4.78 is 0. The first kappa shape index (κ1) is 9.81. The van der Waals surface area contributed by atoms with Crippen LogP contribution in [-0.2, 0) is 0 Å². The highest BCUT2D eigenvalue weighted by Crippen LogP contribution is 1.80. The van der Waals surface area contributed by atoms with E-state index in [4.69, 9.17) is 0 Å². The number of aliphatic imine (C=N–C) groups is 3. The lowest BCUT2D eigenvalue weighted by Crippen LogP contribution is -2.21. The Bertz CT molecular complexity index is 181. The minimum absolute atomic E-state index is 0.595. The first-order chi connectivity index (χ1) is 5.24. The van der Waals surface area contributed by atoms with Crippen LogP contribution in [0.15, 0.2) is 15.0 Å². The van der Waals surface area contributed by atoms with Crippen molar-refractivity contribution >= 4 is 18.5 Å². The second-order valence-corrected chi connectivity index (χ2v) is 1.89. The summed E-state index contributed by atoms with van der Waals surface area (Å²) in [5.74, 6) is 1.21. The van der Waals surface area contributed by atoms with Crippen LogP contribution in [0.1, 0.15) is 13.8 Å². The number of hydrogen-bond donors (Lipinski definition) is 1. The molecule has 0 bridgehead atoms. The van der Waals surface area contributed by atoms with Crippen LogP contribution in [0.4, 0.5) is 0 Å². The first-order valence-electron chi connectivity index (χ1n) is 3.47. The molecule has 0 fully saturated rings. The van der Waals surface area contributed by atoms with E-state index in [9.17, 15) is 0 Å². The van der Waals surface area contributed by atoms with Gasteiger partial charge in [-0.25, -0.2) is 4.99 Å². The number of hydrogen-bond acceptors (Lipinski definition) is 1. The Morgan fingerprint density at radius 2 is 2.18 bits per heavy atom. The third-order valence-corrected chi connectivity index (χ3v) is 1.04. The van der Waals surface area contributed by atoms with Crippen molar-refractivity contribution in [2.24, 2.45) is 15.0 Å². The molecule has 0 aliphatic carbocycles. The van der Waals surface area contributed by atoms with Crippen molar-refractivity contribution in [1.82, 2.24) is 5.32 Å². The van der Waals surface area contributed by atoms with Gasteiger partial charge >= 0.3 is 0 Å². The fraction of sp³-hybridized carbons (Fsp3) is 0.571. The Morgan fingerprint density at radius 1 is 1.55 bits per heavy atom. The van der Waals surface area contributed by atoms with Gasteiger partial charge in [-0.05, 0) is 20.6 Å². The van der Waals surface area contributed by atoms with E-state index in [-0.39, 0.29) is 0 Å².